The van der Waals surface area contributed by atoms with Gasteiger partial charge in [0.2, 0.25) is 5.91 Å². The van der Waals surface area contributed by atoms with Crippen LogP contribution in [0.3, 0.4) is 0 Å². The molecule has 1 aromatic heterocycles. The van der Waals surface area contributed by atoms with E-state index >= 15 is 0 Å². The molecule has 150 valence electrons. The van der Waals surface area contributed by atoms with Gasteiger partial charge in [0.15, 0.2) is 11.5 Å². The zero-order valence-electron chi connectivity index (χ0n) is 16.3. The molecule has 7 heteroatoms. The Morgan fingerprint density at radius 2 is 2.00 bits per heavy atom. The quantitative estimate of drug-likeness (QED) is 0.628. The van der Waals surface area contributed by atoms with Crippen LogP contribution in [0.25, 0.3) is 0 Å². The van der Waals surface area contributed by atoms with Crippen LogP contribution in [0.1, 0.15) is 23.5 Å². The summed E-state index contributed by atoms with van der Waals surface area (Å²) in [6.07, 6.45) is 2.47. The molecular formula is C22H22ClN3O3. The lowest BCUT2D eigenvalue weighted by molar-refractivity contribution is -0.117. The van der Waals surface area contributed by atoms with Crippen molar-refractivity contribution in [2.75, 3.05) is 19.5 Å². The van der Waals surface area contributed by atoms with Crippen molar-refractivity contribution in [1.29, 1.82) is 0 Å². The first-order valence-corrected chi connectivity index (χ1v) is 9.77. The SMILES string of the molecule is COc1cccc(Cn2nccc2NC(=O)C2CC2c2ccccc2Cl)c1OC. The van der Waals surface area contributed by atoms with Crippen LogP contribution in [0.15, 0.2) is 54.7 Å². The minimum absolute atomic E-state index is 0.0192. The fourth-order valence-corrected chi connectivity index (χ4v) is 3.90. The number of nitrogens with zero attached hydrogens (tertiary/aromatic N) is 2. The van der Waals surface area contributed by atoms with Crippen LogP contribution in [-0.2, 0) is 11.3 Å². The number of para-hydroxylation sites is 1. The van der Waals surface area contributed by atoms with Crippen molar-refractivity contribution < 1.29 is 14.3 Å². The number of carbonyl (C=O) groups is 1. The van der Waals surface area contributed by atoms with E-state index in [1.54, 1.807) is 31.2 Å². The number of methoxy groups -OCH3 is 2. The van der Waals surface area contributed by atoms with Gasteiger partial charge in [0.05, 0.1) is 27.0 Å². The molecule has 0 saturated heterocycles. The Labute approximate surface area is 174 Å². The Hall–Kier alpha value is -2.99. The molecule has 6 nitrogen and oxygen atoms in total. The molecule has 1 aliphatic rings. The number of hydrogen-bond acceptors (Lipinski definition) is 4. The maximum atomic E-state index is 12.8. The number of rotatable bonds is 7. The molecule has 1 aliphatic carbocycles. The van der Waals surface area contributed by atoms with Gasteiger partial charge in [-0.05, 0) is 30.0 Å². The summed E-state index contributed by atoms with van der Waals surface area (Å²) in [5.74, 6) is 2.02. The van der Waals surface area contributed by atoms with Gasteiger partial charge in [-0.3, -0.25) is 4.79 Å². The molecule has 1 heterocycles. The smallest absolute Gasteiger partial charge is 0.229 e. The van der Waals surface area contributed by atoms with Crippen LogP contribution in [0.2, 0.25) is 5.02 Å². The molecule has 1 N–H and O–H groups in total. The Morgan fingerprint density at radius 3 is 2.76 bits per heavy atom. The number of halogens is 1. The molecule has 1 fully saturated rings. The van der Waals surface area contributed by atoms with Gasteiger partial charge in [0.1, 0.15) is 5.82 Å². The standard InChI is InChI=1S/C22H22ClN3O3/c1-28-19-9-5-6-14(21(19)29-2)13-26-20(10-11-24-26)25-22(27)17-12-16(17)15-7-3-4-8-18(15)23/h3-11,16-17H,12-13H2,1-2H3,(H,25,27). The van der Waals surface area contributed by atoms with Gasteiger partial charge in [0.25, 0.3) is 0 Å². The monoisotopic (exact) mass is 411 g/mol. The summed E-state index contributed by atoms with van der Waals surface area (Å²) in [6.45, 7) is 0.446. The van der Waals surface area contributed by atoms with E-state index in [2.05, 4.69) is 10.4 Å². The minimum Gasteiger partial charge on any atom is -0.493 e. The van der Waals surface area contributed by atoms with Crippen molar-refractivity contribution in [1.82, 2.24) is 9.78 Å². The molecule has 4 rings (SSSR count). The van der Waals surface area contributed by atoms with E-state index in [0.29, 0.717) is 28.9 Å². The molecular weight excluding hydrogens is 390 g/mol. The largest absolute Gasteiger partial charge is 0.493 e. The summed E-state index contributed by atoms with van der Waals surface area (Å²) in [4.78, 5) is 12.8. The van der Waals surface area contributed by atoms with Crippen LogP contribution >= 0.6 is 11.6 Å². The zero-order valence-corrected chi connectivity index (χ0v) is 17.0. The van der Waals surface area contributed by atoms with Crippen LogP contribution < -0.4 is 14.8 Å². The summed E-state index contributed by atoms with van der Waals surface area (Å²) in [7, 11) is 3.21. The predicted octanol–water partition coefficient (Wildman–Crippen LogP) is 4.34. The first-order valence-electron chi connectivity index (χ1n) is 9.39. The lowest BCUT2D eigenvalue weighted by atomic mass is 10.1. The van der Waals surface area contributed by atoms with Crippen molar-refractivity contribution in [3.63, 3.8) is 0 Å². The van der Waals surface area contributed by atoms with Crippen LogP contribution in [0, 0.1) is 5.92 Å². The first-order chi connectivity index (χ1) is 14.1. The van der Waals surface area contributed by atoms with Gasteiger partial charge >= 0.3 is 0 Å². The number of benzene rings is 2. The third-order valence-electron chi connectivity index (χ3n) is 5.20. The lowest BCUT2D eigenvalue weighted by Gasteiger charge is -2.14. The first kappa shape index (κ1) is 19.3. The Balaban J connectivity index is 1.47. The number of anilines is 1. The normalized spacial score (nSPS) is 17.6. The van der Waals surface area contributed by atoms with Crippen molar-refractivity contribution in [3.05, 3.63) is 70.9 Å². The lowest BCUT2D eigenvalue weighted by Crippen LogP contribution is -2.18. The molecule has 1 amide bonds. The van der Waals surface area contributed by atoms with Gasteiger partial charge < -0.3 is 14.8 Å². The van der Waals surface area contributed by atoms with E-state index < -0.39 is 0 Å². The summed E-state index contributed by atoms with van der Waals surface area (Å²) in [6, 6.07) is 15.2. The molecule has 2 atom stereocenters. The average molecular weight is 412 g/mol. The van der Waals surface area contributed by atoms with E-state index in [0.717, 1.165) is 17.5 Å². The molecule has 0 radical (unpaired) electrons. The third kappa shape index (κ3) is 3.93. The average Bonchev–Trinajstić information content (AvgIpc) is 3.42. The summed E-state index contributed by atoms with van der Waals surface area (Å²) >= 11 is 6.27. The molecule has 3 aromatic rings. The third-order valence-corrected chi connectivity index (χ3v) is 5.55. The Morgan fingerprint density at radius 1 is 1.17 bits per heavy atom. The zero-order chi connectivity index (χ0) is 20.4. The van der Waals surface area contributed by atoms with E-state index in [1.165, 1.54) is 0 Å². The molecule has 0 aliphatic heterocycles. The number of ether oxygens (including phenoxy) is 2. The van der Waals surface area contributed by atoms with E-state index in [9.17, 15) is 4.79 Å². The number of amides is 1. The van der Waals surface area contributed by atoms with Gasteiger partial charge in [-0.2, -0.15) is 5.10 Å². The Bertz CT molecular complexity index is 1030. The number of carbonyl (C=O) groups excluding carboxylic acids is 1. The highest BCUT2D eigenvalue weighted by Gasteiger charge is 2.45. The summed E-state index contributed by atoms with van der Waals surface area (Å²) in [5, 5.41) is 8.07. The van der Waals surface area contributed by atoms with Crippen LogP contribution in [-0.4, -0.2) is 29.9 Å². The van der Waals surface area contributed by atoms with Crippen molar-refractivity contribution in [2.45, 2.75) is 18.9 Å². The predicted molar refractivity (Wildman–Crippen MR) is 112 cm³/mol. The van der Waals surface area contributed by atoms with Crippen LogP contribution in [0.5, 0.6) is 11.5 Å². The summed E-state index contributed by atoms with van der Waals surface area (Å²) < 4.78 is 12.6. The van der Waals surface area contributed by atoms with Gasteiger partial charge in [-0.1, -0.05) is 41.9 Å². The van der Waals surface area contributed by atoms with Crippen molar-refractivity contribution in [3.8, 4) is 11.5 Å². The topological polar surface area (TPSA) is 65.4 Å². The highest BCUT2D eigenvalue weighted by atomic mass is 35.5. The number of nitrogens with one attached hydrogen (secondary N) is 1. The molecule has 2 unspecified atom stereocenters. The van der Waals surface area contributed by atoms with E-state index in [1.807, 2.05) is 42.5 Å². The minimum atomic E-state index is -0.0791. The highest BCUT2D eigenvalue weighted by molar-refractivity contribution is 6.31. The second kappa shape index (κ2) is 8.17. The van der Waals surface area contributed by atoms with Gasteiger partial charge in [-0.25, -0.2) is 4.68 Å². The highest BCUT2D eigenvalue weighted by Crippen LogP contribution is 2.50. The second-order valence-electron chi connectivity index (χ2n) is 6.99. The Kier molecular flexibility index (Phi) is 5.45. The second-order valence-corrected chi connectivity index (χ2v) is 7.39. The number of aromatic nitrogens is 2. The number of hydrogen-bond donors (Lipinski definition) is 1. The summed E-state index contributed by atoms with van der Waals surface area (Å²) in [5.41, 5.74) is 1.94. The van der Waals surface area contributed by atoms with Crippen LogP contribution in [0.4, 0.5) is 5.82 Å². The molecule has 29 heavy (non-hydrogen) atoms. The fraction of sp³-hybridized carbons (Fsp3) is 0.273. The van der Waals surface area contributed by atoms with E-state index in [-0.39, 0.29) is 17.7 Å². The fourth-order valence-electron chi connectivity index (χ4n) is 3.63. The maximum Gasteiger partial charge on any atom is 0.229 e. The molecule has 1 saturated carbocycles. The molecule has 2 aromatic carbocycles. The molecule has 0 bridgehead atoms. The van der Waals surface area contributed by atoms with Gasteiger partial charge in [-0.15, -0.1) is 0 Å². The van der Waals surface area contributed by atoms with E-state index in [4.69, 9.17) is 21.1 Å². The van der Waals surface area contributed by atoms with Crippen molar-refractivity contribution in [2.24, 2.45) is 5.92 Å². The maximum absolute atomic E-state index is 12.8. The van der Waals surface area contributed by atoms with Crippen molar-refractivity contribution >= 4 is 23.3 Å². The molecule has 0 spiro atoms. The van der Waals surface area contributed by atoms with Gasteiger partial charge in [0, 0.05) is 22.6 Å².